The van der Waals surface area contributed by atoms with E-state index >= 15 is 0 Å². The van der Waals surface area contributed by atoms with Crippen molar-refractivity contribution >= 4 is 34.4 Å². The van der Waals surface area contributed by atoms with Gasteiger partial charge in [-0.1, -0.05) is 0 Å². The van der Waals surface area contributed by atoms with Crippen molar-refractivity contribution in [3.8, 4) is 11.5 Å². The molecule has 6 heteroatoms. The predicted molar refractivity (Wildman–Crippen MR) is 81.9 cm³/mol. The molecule has 0 aliphatic carbocycles. The molecule has 0 bridgehead atoms. The van der Waals surface area contributed by atoms with Crippen molar-refractivity contribution in [2.24, 2.45) is 0 Å². The van der Waals surface area contributed by atoms with Crippen LogP contribution in [0.4, 0.5) is 0 Å². The van der Waals surface area contributed by atoms with E-state index in [0.717, 1.165) is 9.13 Å². The minimum absolute atomic E-state index is 0.0783. The van der Waals surface area contributed by atoms with E-state index in [2.05, 4.69) is 22.6 Å². The molecule has 2 amide bonds. The van der Waals surface area contributed by atoms with Crippen LogP contribution in [0.3, 0.4) is 0 Å². The Morgan fingerprint density at radius 3 is 2.20 bits per heavy atom. The van der Waals surface area contributed by atoms with Gasteiger partial charge in [-0.05, 0) is 46.7 Å². The summed E-state index contributed by atoms with van der Waals surface area (Å²) in [5, 5.41) is 0. The Morgan fingerprint density at radius 2 is 1.65 bits per heavy atom. The highest BCUT2D eigenvalue weighted by atomic mass is 127. The molecule has 1 aliphatic rings. The summed E-state index contributed by atoms with van der Waals surface area (Å²) in [7, 11) is 3.18. The number of imide groups is 1. The van der Waals surface area contributed by atoms with Crippen LogP contribution in [-0.2, 0) is 16.0 Å². The largest absolute Gasteiger partial charge is 0.493 e. The van der Waals surface area contributed by atoms with Crippen molar-refractivity contribution < 1.29 is 19.1 Å². The van der Waals surface area contributed by atoms with Gasteiger partial charge in [0.05, 0.1) is 14.2 Å². The zero-order chi connectivity index (χ0) is 14.7. The number of methoxy groups -OCH3 is 2. The Kier molecular flexibility index (Phi) is 4.85. The third-order valence-electron chi connectivity index (χ3n) is 3.31. The number of rotatable bonds is 5. The molecule has 0 atom stereocenters. The Balaban J connectivity index is 2.13. The van der Waals surface area contributed by atoms with E-state index in [0.29, 0.717) is 37.3 Å². The maximum atomic E-state index is 11.6. The molecule has 0 saturated carbocycles. The molecule has 5 nitrogen and oxygen atoms in total. The summed E-state index contributed by atoms with van der Waals surface area (Å²) < 4.78 is 11.5. The molecule has 0 N–H and O–H groups in total. The molecule has 0 spiro atoms. The molecular weight excluding hydrogens is 373 g/mol. The molecule has 0 radical (unpaired) electrons. The van der Waals surface area contributed by atoms with Gasteiger partial charge in [0.15, 0.2) is 11.5 Å². The van der Waals surface area contributed by atoms with E-state index < -0.39 is 0 Å². The first kappa shape index (κ1) is 15.1. The highest BCUT2D eigenvalue weighted by molar-refractivity contribution is 14.1. The van der Waals surface area contributed by atoms with Crippen molar-refractivity contribution in [1.82, 2.24) is 4.90 Å². The van der Waals surface area contributed by atoms with Gasteiger partial charge >= 0.3 is 0 Å². The van der Waals surface area contributed by atoms with Gasteiger partial charge in [0.2, 0.25) is 11.8 Å². The number of halogens is 1. The first-order valence-corrected chi connectivity index (χ1v) is 7.38. The number of carbonyl (C=O) groups is 2. The van der Waals surface area contributed by atoms with Crippen LogP contribution in [0.1, 0.15) is 18.4 Å². The number of carbonyl (C=O) groups excluding carboxylic acids is 2. The lowest BCUT2D eigenvalue weighted by atomic mass is 10.1. The Morgan fingerprint density at radius 1 is 1.10 bits per heavy atom. The van der Waals surface area contributed by atoms with Crippen LogP contribution in [0.5, 0.6) is 11.5 Å². The number of hydrogen-bond acceptors (Lipinski definition) is 4. The highest BCUT2D eigenvalue weighted by Crippen LogP contribution is 2.31. The van der Waals surface area contributed by atoms with Gasteiger partial charge in [-0.3, -0.25) is 14.5 Å². The smallest absolute Gasteiger partial charge is 0.229 e. The lowest BCUT2D eigenvalue weighted by Gasteiger charge is -2.16. The van der Waals surface area contributed by atoms with Gasteiger partial charge in [-0.2, -0.15) is 0 Å². The molecule has 108 valence electrons. The van der Waals surface area contributed by atoms with Gasteiger partial charge in [-0.25, -0.2) is 0 Å². The van der Waals surface area contributed by atoms with E-state index in [9.17, 15) is 9.59 Å². The van der Waals surface area contributed by atoms with Crippen molar-refractivity contribution in [3.05, 3.63) is 21.3 Å². The van der Waals surface area contributed by atoms with Crippen molar-refractivity contribution in [2.45, 2.75) is 19.3 Å². The molecule has 2 rings (SSSR count). The van der Waals surface area contributed by atoms with Crippen molar-refractivity contribution in [2.75, 3.05) is 20.8 Å². The molecule has 1 aromatic rings. The zero-order valence-electron chi connectivity index (χ0n) is 11.4. The van der Waals surface area contributed by atoms with Crippen LogP contribution in [0.2, 0.25) is 0 Å². The van der Waals surface area contributed by atoms with Crippen molar-refractivity contribution in [1.29, 1.82) is 0 Å². The van der Waals surface area contributed by atoms with E-state index in [1.807, 2.05) is 12.1 Å². The van der Waals surface area contributed by atoms with Crippen LogP contribution in [0.25, 0.3) is 0 Å². The quantitative estimate of drug-likeness (QED) is 0.571. The highest BCUT2D eigenvalue weighted by Gasteiger charge is 2.28. The monoisotopic (exact) mass is 389 g/mol. The normalized spacial score (nSPS) is 14.8. The molecule has 0 aromatic heterocycles. The van der Waals surface area contributed by atoms with Gasteiger partial charge < -0.3 is 9.47 Å². The lowest BCUT2D eigenvalue weighted by Crippen LogP contribution is -2.31. The Labute approximate surface area is 131 Å². The number of nitrogens with zero attached hydrogens (tertiary/aromatic N) is 1. The minimum Gasteiger partial charge on any atom is -0.493 e. The van der Waals surface area contributed by atoms with Gasteiger partial charge in [0.1, 0.15) is 0 Å². The summed E-state index contributed by atoms with van der Waals surface area (Å²) in [4.78, 5) is 24.5. The average molecular weight is 389 g/mol. The van der Waals surface area contributed by atoms with Crippen LogP contribution in [0, 0.1) is 3.57 Å². The number of amides is 2. The molecule has 1 saturated heterocycles. The fourth-order valence-corrected chi connectivity index (χ4v) is 2.90. The number of benzene rings is 1. The standard InChI is InChI=1S/C14H16INO4/c1-19-11-7-9(10(15)8-12(11)20-2)5-6-16-13(17)3-4-14(16)18/h7-8H,3-6H2,1-2H3. The summed E-state index contributed by atoms with van der Waals surface area (Å²) in [5.74, 6) is 1.17. The maximum absolute atomic E-state index is 11.6. The molecule has 0 unspecified atom stereocenters. The Bertz CT molecular complexity index is 528. The summed E-state index contributed by atoms with van der Waals surface area (Å²) in [6.07, 6.45) is 1.29. The molecule has 20 heavy (non-hydrogen) atoms. The van der Waals surface area contributed by atoms with E-state index in [-0.39, 0.29) is 11.8 Å². The second-order valence-electron chi connectivity index (χ2n) is 4.49. The number of likely N-dealkylation sites (tertiary alicyclic amines) is 1. The van der Waals surface area contributed by atoms with Crippen LogP contribution in [0.15, 0.2) is 12.1 Å². The Hall–Kier alpha value is -1.31. The molecule has 1 aliphatic heterocycles. The molecular formula is C14H16INO4. The van der Waals surface area contributed by atoms with Gasteiger partial charge in [0, 0.05) is 23.0 Å². The van der Waals surface area contributed by atoms with Crippen LogP contribution < -0.4 is 9.47 Å². The topological polar surface area (TPSA) is 55.8 Å². The van der Waals surface area contributed by atoms with Crippen LogP contribution in [-0.4, -0.2) is 37.5 Å². The minimum atomic E-state index is -0.0783. The average Bonchev–Trinajstić information content (AvgIpc) is 2.76. The second kappa shape index (κ2) is 6.43. The zero-order valence-corrected chi connectivity index (χ0v) is 13.6. The van der Waals surface area contributed by atoms with E-state index in [1.54, 1.807) is 14.2 Å². The SMILES string of the molecule is COc1cc(I)c(CCN2C(=O)CCC2=O)cc1OC. The lowest BCUT2D eigenvalue weighted by molar-refractivity contribution is -0.138. The van der Waals surface area contributed by atoms with Crippen LogP contribution >= 0.6 is 22.6 Å². The number of ether oxygens (including phenoxy) is 2. The predicted octanol–water partition coefficient (Wildman–Crippen LogP) is 2.00. The summed E-state index contributed by atoms with van der Waals surface area (Å²) in [6.45, 7) is 0.420. The summed E-state index contributed by atoms with van der Waals surface area (Å²) in [6, 6.07) is 3.79. The van der Waals surface area contributed by atoms with E-state index in [4.69, 9.17) is 9.47 Å². The first-order chi connectivity index (χ1) is 9.56. The first-order valence-electron chi connectivity index (χ1n) is 6.30. The fourth-order valence-electron chi connectivity index (χ4n) is 2.19. The third kappa shape index (κ3) is 3.05. The van der Waals surface area contributed by atoms with Gasteiger partial charge in [0.25, 0.3) is 0 Å². The van der Waals surface area contributed by atoms with E-state index in [1.165, 1.54) is 4.90 Å². The fraction of sp³-hybridized carbons (Fsp3) is 0.429. The van der Waals surface area contributed by atoms with Gasteiger partial charge in [-0.15, -0.1) is 0 Å². The molecule has 1 fully saturated rings. The second-order valence-corrected chi connectivity index (χ2v) is 5.65. The summed E-state index contributed by atoms with van der Waals surface area (Å²) >= 11 is 2.22. The third-order valence-corrected chi connectivity index (χ3v) is 4.32. The van der Waals surface area contributed by atoms with Crippen molar-refractivity contribution in [3.63, 3.8) is 0 Å². The molecule has 1 aromatic carbocycles. The number of hydrogen-bond donors (Lipinski definition) is 0. The summed E-state index contributed by atoms with van der Waals surface area (Å²) in [5.41, 5.74) is 1.04. The maximum Gasteiger partial charge on any atom is 0.229 e. The molecule has 1 heterocycles.